The zero-order valence-corrected chi connectivity index (χ0v) is 15.5. The summed E-state index contributed by atoms with van der Waals surface area (Å²) < 4.78 is 25.2. The summed E-state index contributed by atoms with van der Waals surface area (Å²) >= 11 is 6.06. The van der Waals surface area contributed by atoms with Gasteiger partial charge in [0.15, 0.2) is 0 Å². The van der Waals surface area contributed by atoms with E-state index in [9.17, 15) is 9.18 Å². The highest BCUT2D eigenvalue weighted by molar-refractivity contribution is 6.31. The van der Waals surface area contributed by atoms with Gasteiger partial charge in [-0.05, 0) is 18.2 Å². The second kappa shape index (κ2) is 9.17. The highest BCUT2D eigenvalue weighted by Crippen LogP contribution is 2.26. The smallest absolute Gasteiger partial charge is 0.305 e. The van der Waals surface area contributed by atoms with Crippen LogP contribution in [0.3, 0.4) is 0 Å². The molecule has 144 valence electrons. The van der Waals surface area contributed by atoms with Gasteiger partial charge in [-0.2, -0.15) is 0 Å². The first-order valence-corrected chi connectivity index (χ1v) is 9.09. The fourth-order valence-electron chi connectivity index (χ4n) is 3.10. The fourth-order valence-corrected chi connectivity index (χ4v) is 3.32. The predicted octanol–water partition coefficient (Wildman–Crippen LogP) is 3.73. The number of nitrogens with zero attached hydrogens (tertiary/aromatic N) is 1. The predicted molar refractivity (Wildman–Crippen MR) is 99.5 cm³/mol. The van der Waals surface area contributed by atoms with E-state index in [2.05, 4.69) is 4.90 Å². The van der Waals surface area contributed by atoms with Crippen molar-refractivity contribution in [2.75, 3.05) is 19.8 Å². The van der Waals surface area contributed by atoms with Crippen molar-refractivity contribution in [2.24, 2.45) is 0 Å². The molecule has 3 rings (SSSR count). The van der Waals surface area contributed by atoms with E-state index in [1.807, 2.05) is 24.3 Å². The lowest BCUT2D eigenvalue weighted by atomic mass is 10.1. The van der Waals surface area contributed by atoms with Crippen molar-refractivity contribution < 1.29 is 23.8 Å². The topological polar surface area (TPSA) is 59.0 Å². The first-order valence-electron chi connectivity index (χ1n) is 8.72. The highest BCUT2D eigenvalue weighted by Gasteiger charge is 2.26. The third kappa shape index (κ3) is 5.19. The van der Waals surface area contributed by atoms with Gasteiger partial charge in [0.05, 0.1) is 24.7 Å². The molecule has 5 nitrogen and oxygen atoms in total. The van der Waals surface area contributed by atoms with Gasteiger partial charge in [-0.15, -0.1) is 0 Å². The molecule has 1 atom stereocenters. The van der Waals surface area contributed by atoms with Crippen LogP contribution in [0, 0.1) is 5.82 Å². The standard InChI is InChI=1S/C20H21ClFNO4/c21-17-5-3-6-18(22)16(17)13-27-19-7-2-1-4-14(19)11-23-8-9-26-12-15(23)10-20(24)25/h1-7,15H,8-13H2,(H,24,25)/t15-/m0/s1. The monoisotopic (exact) mass is 393 g/mol. The van der Waals surface area contributed by atoms with Gasteiger partial charge in [0.2, 0.25) is 0 Å². The molecule has 1 aliphatic heterocycles. The molecule has 7 heteroatoms. The number of carboxylic acid groups (broad SMARTS) is 1. The molecule has 0 unspecified atom stereocenters. The Kier molecular flexibility index (Phi) is 6.66. The number of aliphatic carboxylic acids is 1. The van der Waals surface area contributed by atoms with Crippen molar-refractivity contribution in [1.29, 1.82) is 0 Å². The zero-order chi connectivity index (χ0) is 19.2. The Morgan fingerprint density at radius 3 is 2.89 bits per heavy atom. The number of carbonyl (C=O) groups is 1. The molecule has 0 aliphatic carbocycles. The number of para-hydroxylation sites is 1. The Morgan fingerprint density at radius 2 is 2.11 bits per heavy atom. The number of carboxylic acids is 1. The van der Waals surface area contributed by atoms with Gasteiger partial charge in [-0.1, -0.05) is 35.9 Å². The molecular weight excluding hydrogens is 373 g/mol. The summed E-state index contributed by atoms with van der Waals surface area (Å²) in [6.45, 7) is 2.14. The third-order valence-electron chi connectivity index (χ3n) is 4.54. The van der Waals surface area contributed by atoms with Crippen LogP contribution in [0.2, 0.25) is 5.02 Å². The molecule has 1 aliphatic rings. The van der Waals surface area contributed by atoms with Crippen LogP contribution in [0.4, 0.5) is 4.39 Å². The van der Waals surface area contributed by atoms with Gasteiger partial charge in [0.25, 0.3) is 0 Å². The number of benzene rings is 2. The second-order valence-corrected chi connectivity index (χ2v) is 6.80. The van der Waals surface area contributed by atoms with E-state index in [4.69, 9.17) is 26.2 Å². The fraction of sp³-hybridized carbons (Fsp3) is 0.350. The average Bonchev–Trinajstić information content (AvgIpc) is 2.64. The van der Waals surface area contributed by atoms with Gasteiger partial charge in [-0.25, -0.2) is 4.39 Å². The maximum atomic E-state index is 14.0. The summed E-state index contributed by atoms with van der Waals surface area (Å²) in [6, 6.07) is 11.8. The SMILES string of the molecule is O=C(O)C[C@H]1COCCN1Cc1ccccc1OCc1c(F)cccc1Cl. The molecular formula is C20H21ClFNO4. The number of rotatable bonds is 7. The minimum Gasteiger partial charge on any atom is -0.488 e. The van der Waals surface area contributed by atoms with Crippen LogP contribution < -0.4 is 4.74 Å². The second-order valence-electron chi connectivity index (χ2n) is 6.39. The van der Waals surface area contributed by atoms with E-state index in [0.29, 0.717) is 42.6 Å². The molecule has 1 saturated heterocycles. The summed E-state index contributed by atoms with van der Waals surface area (Å²) in [5.74, 6) is -0.638. The molecule has 1 N–H and O–H groups in total. The van der Waals surface area contributed by atoms with Crippen LogP contribution in [0.1, 0.15) is 17.5 Å². The minimum atomic E-state index is -0.853. The molecule has 0 saturated carbocycles. The van der Waals surface area contributed by atoms with Crippen LogP contribution in [0.25, 0.3) is 0 Å². The zero-order valence-electron chi connectivity index (χ0n) is 14.7. The molecule has 0 bridgehead atoms. The summed E-state index contributed by atoms with van der Waals surface area (Å²) in [7, 11) is 0. The van der Waals surface area contributed by atoms with Crippen LogP contribution in [-0.2, 0) is 22.7 Å². The quantitative estimate of drug-likeness (QED) is 0.776. The lowest BCUT2D eigenvalue weighted by Gasteiger charge is -2.35. The molecule has 0 radical (unpaired) electrons. The molecule has 2 aromatic rings. The van der Waals surface area contributed by atoms with E-state index in [-0.39, 0.29) is 19.1 Å². The van der Waals surface area contributed by atoms with E-state index in [1.54, 1.807) is 12.1 Å². The maximum absolute atomic E-state index is 14.0. The molecule has 0 amide bonds. The summed E-state index contributed by atoms with van der Waals surface area (Å²) in [5, 5.41) is 9.43. The van der Waals surface area contributed by atoms with Crippen LogP contribution in [0.15, 0.2) is 42.5 Å². The van der Waals surface area contributed by atoms with Crippen molar-refractivity contribution >= 4 is 17.6 Å². The van der Waals surface area contributed by atoms with Crippen molar-refractivity contribution in [3.63, 3.8) is 0 Å². The maximum Gasteiger partial charge on any atom is 0.305 e. The van der Waals surface area contributed by atoms with Crippen LogP contribution >= 0.6 is 11.6 Å². The van der Waals surface area contributed by atoms with Gasteiger partial charge < -0.3 is 14.6 Å². The number of hydrogen-bond donors (Lipinski definition) is 1. The number of morpholine rings is 1. The van der Waals surface area contributed by atoms with Crippen LogP contribution in [0.5, 0.6) is 5.75 Å². The number of halogens is 2. The Labute approximate surface area is 162 Å². The van der Waals surface area contributed by atoms with Gasteiger partial charge in [0.1, 0.15) is 18.2 Å². The Morgan fingerprint density at radius 1 is 1.30 bits per heavy atom. The van der Waals surface area contributed by atoms with Crippen molar-refractivity contribution in [2.45, 2.75) is 25.6 Å². The van der Waals surface area contributed by atoms with Crippen molar-refractivity contribution in [3.05, 3.63) is 64.4 Å². The molecule has 1 fully saturated rings. The minimum absolute atomic E-state index is 0.0180. The van der Waals surface area contributed by atoms with Gasteiger partial charge in [0, 0.05) is 30.3 Å². The van der Waals surface area contributed by atoms with Gasteiger partial charge in [-0.3, -0.25) is 9.69 Å². The summed E-state index contributed by atoms with van der Waals surface area (Å²) in [6.07, 6.45) is 0.0217. The van der Waals surface area contributed by atoms with E-state index >= 15 is 0 Å². The van der Waals surface area contributed by atoms with Crippen molar-refractivity contribution in [1.82, 2.24) is 4.90 Å². The molecule has 0 aromatic heterocycles. The average molecular weight is 394 g/mol. The largest absolute Gasteiger partial charge is 0.488 e. The molecule has 1 heterocycles. The van der Waals surface area contributed by atoms with Gasteiger partial charge >= 0.3 is 5.97 Å². The Bertz CT molecular complexity index is 781. The molecule has 2 aromatic carbocycles. The molecule has 27 heavy (non-hydrogen) atoms. The lowest BCUT2D eigenvalue weighted by molar-refractivity contribution is -0.140. The summed E-state index contributed by atoms with van der Waals surface area (Å²) in [5.41, 5.74) is 1.21. The van der Waals surface area contributed by atoms with E-state index < -0.39 is 11.8 Å². The van der Waals surface area contributed by atoms with Crippen LogP contribution in [-0.4, -0.2) is 41.8 Å². The summed E-state index contributed by atoms with van der Waals surface area (Å²) in [4.78, 5) is 13.2. The third-order valence-corrected chi connectivity index (χ3v) is 4.89. The Balaban J connectivity index is 1.72. The van der Waals surface area contributed by atoms with Crippen molar-refractivity contribution in [3.8, 4) is 5.75 Å². The van der Waals surface area contributed by atoms with E-state index in [0.717, 1.165) is 5.56 Å². The molecule has 0 spiro atoms. The first-order chi connectivity index (χ1) is 13.0. The number of hydrogen-bond acceptors (Lipinski definition) is 4. The number of ether oxygens (including phenoxy) is 2. The Hall–Kier alpha value is -2.15. The lowest BCUT2D eigenvalue weighted by Crippen LogP contribution is -2.45. The highest BCUT2D eigenvalue weighted by atomic mass is 35.5. The van der Waals surface area contributed by atoms with E-state index in [1.165, 1.54) is 6.07 Å². The normalized spacial score (nSPS) is 17.6. The first kappa shape index (κ1) is 19.6.